The number of ether oxygens (including phenoxy) is 1. The van der Waals surface area contributed by atoms with Crippen LogP contribution in [0.2, 0.25) is 0 Å². The summed E-state index contributed by atoms with van der Waals surface area (Å²) in [7, 11) is -4.24. The smallest absolute Gasteiger partial charge is 0.301 e. The normalized spacial score (nSPS) is 19.1. The molecule has 0 bridgehead atoms. The topological polar surface area (TPSA) is 113 Å². The molecule has 1 atom stereocenters. The Balaban J connectivity index is 1.34. The van der Waals surface area contributed by atoms with E-state index < -0.39 is 50.4 Å². The van der Waals surface area contributed by atoms with Crippen molar-refractivity contribution in [3.8, 4) is 17.6 Å². The van der Waals surface area contributed by atoms with Crippen molar-refractivity contribution in [1.82, 2.24) is 18.7 Å². The van der Waals surface area contributed by atoms with Gasteiger partial charge in [0, 0.05) is 42.4 Å². The van der Waals surface area contributed by atoms with Crippen LogP contribution in [0, 0.1) is 28.4 Å². The second-order valence-corrected chi connectivity index (χ2v) is 10.6. The minimum Gasteiger partial charge on any atom is -0.453 e. The lowest BCUT2D eigenvalue weighted by Gasteiger charge is -2.56. The molecule has 9 nitrogen and oxygen atoms in total. The minimum absolute atomic E-state index is 0.0220. The van der Waals surface area contributed by atoms with Gasteiger partial charge < -0.3 is 4.74 Å². The van der Waals surface area contributed by atoms with Gasteiger partial charge in [-0.25, -0.2) is 18.7 Å². The number of nitrogens with one attached hydrogen (secondary N) is 1. The fourth-order valence-electron chi connectivity index (χ4n) is 4.67. The molecule has 2 aromatic heterocycles. The van der Waals surface area contributed by atoms with Crippen LogP contribution in [0.15, 0.2) is 43.0 Å². The van der Waals surface area contributed by atoms with Gasteiger partial charge in [-0.05, 0) is 31.0 Å². The molecule has 1 aliphatic heterocycles. The maximum atomic E-state index is 14.8. The molecule has 1 saturated carbocycles. The Bertz CT molecular complexity index is 1700. The number of imidazole rings is 1. The first-order valence-electron chi connectivity index (χ1n) is 10.9. The van der Waals surface area contributed by atoms with E-state index in [9.17, 15) is 26.9 Å². The average Bonchev–Trinajstić information content (AvgIpc) is 3.30. The van der Waals surface area contributed by atoms with E-state index in [4.69, 9.17) is 4.74 Å². The molecule has 0 amide bonds. The number of nitrogens with zero attached hydrogens (tertiary/aromatic N) is 5. The van der Waals surface area contributed by atoms with Gasteiger partial charge in [0.25, 0.3) is 0 Å². The minimum atomic E-state index is -4.24. The molecule has 184 valence electrons. The van der Waals surface area contributed by atoms with Gasteiger partial charge in [0.2, 0.25) is 5.82 Å². The first-order valence-corrected chi connectivity index (χ1v) is 12.4. The van der Waals surface area contributed by atoms with Crippen LogP contribution in [0.3, 0.4) is 0 Å². The maximum Gasteiger partial charge on any atom is 0.301 e. The molecule has 3 heterocycles. The number of anilines is 1. The number of fused-ring (bicyclic) bond motifs is 3. The highest BCUT2D eigenvalue weighted by molar-refractivity contribution is 7.90. The molecule has 4 aromatic rings. The molecular formula is C23H17F3N6O3S. The van der Waals surface area contributed by atoms with Gasteiger partial charge in [-0.1, -0.05) is 0 Å². The van der Waals surface area contributed by atoms with Crippen LogP contribution in [0.25, 0.3) is 16.6 Å². The standard InChI is InChI=1S/C23H17F3N6O3S/c24-16-8-18(30-36(33,34)32-10-23(11-32)4-3-19(23)25)15(9-27)21(20(16)26)35-13-1-2-17-14(7-13)22-28-5-6-31(22)12-29-17/h1-2,5-8,12,19,30H,3-4,10-11H2/t19-/m0/s1. The summed E-state index contributed by atoms with van der Waals surface area (Å²) < 4.78 is 79.1. The van der Waals surface area contributed by atoms with Gasteiger partial charge in [-0.3, -0.25) is 9.12 Å². The molecule has 1 N–H and O–H groups in total. The number of hydrogen-bond acceptors (Lipinski definition) is 6. The third-order valence-corrected chi connectivity index (χ3v) is 8.24. The zero-order chi connectivity index (χ0) is 25.2. The van der Waals surface area contributed by atoms with Crippen molar-refractivity contribution >= 4 is 32.4 Å². The van der Waals surface area contributed by atoms with Gasteiger partial charge in [-0.15, -0.1) is 0 Å². The fourth-order valence-corrected chi connectivity index (χ4v) is 6.09. The van der Waals surface area contributed by atoms with E-state index in [2.05, 4.69) is 14.7 Å². The van der Waals surface area contributed by atoms with Crippen LogP contribution in [0.4, 0.5) is 18.9 Å². The van der Waals surface area contributed by atoms with Crippen LogP contribution in [-0.4, -0.2) is 46.4 Å². The number of halogens is 3. The monoisotopic (exact) mass is 514 g/mol. The molecule has 2 aliphatic rings. The molecule has 0 unspecified atom stereocenters. The Labute approximate surface area is 202 Å². The van der Waals surface area contributed by atoms with E-state index in [-0.39, 0.29) is 18.8 Å². The van der Waals surface area contributed by atoms with Gasteiger partial charge in [0.1, 0.15) is 35.5 Å². The van der Waals surface area contributed by atoms with Gasteiger partial charge in [0.05, 0.1) is 11.2 Å². The summed E-state index contributed by atoms with van der Waals surface area (Å²) in [6.45, 7) is -0.0441. The Morgan fingerprint density at radius 3 is 2.72 bits per heavy atom. The molecule has 2 fully saturated rings. The van der Waals surface area contributed by atoms with Crippen LogP contribution in [-0.2, 0) is 10.2 Å². The lowest BCUT2D eigenvalue weighted by molar-refractivity contribution is -0.0889. The zero-order valence-electron chi connectivity index (χ0n) is 18.5. The van der Waals surface area contributed by atoms with Crippen molar-refractivity contribution in [3.05, 3.63) is 60.2 Å². The first kappa shape index (κ1) is 22.6. The lowest BCUT2D eigenvalue weighted by atomic mass is 9.63. The number of hydrogen-bond donors (Lipinski definition) is 1. The van der Waals surface area contributed by atoms with Crippen LogP contribution in [0.1, 0.15) is 18.4 Å². The third-order valence-electron chi connectivity index (χ3n) is 6.83. The number of rotatable bonds is 5. The van der Waals surface area contributed by atoms with E-state index in [1.165, 1.54) is 12.1 Å². The molecule has 1 saturated heterocycles. The molecule has 36 heavy (non-hydrogen) atoms. The van der Waals surface area contributed by atoms with Crippen molar-refractivity contribution in [2.75, 3.05) is 17.8 Å². The van der Waals surface area contributed by atoms with Crippen LogP contribution >= 0.6 is 0 Å². The quantitative estimate of drug-likeness (QED) is 0.432. The Kier molecular flexibility index (Phi) is 4.89. The largest absolute Gasteiger partial charge is 0.453 e. The summed E-state index contributed by atoms with van der Waals surface area (Å²) in [4.78, 5) is 8.53. The van der Waals surface area contributed by atoms with E-state index in [1.54, 1.807) is 35.3 Å². The molecule has 13 heteroatoms. The molecule has 2 aromatic carbocycles. The number of benzene rings is 2. The SMILES string of the molecule is N#Cc1c(NS(=O)(=O)N2CC3(CC[C@@H]3F)C2)cc(F)c(F)c1Oc1ccc2ncn3ccnc3c2c1. The summed E-state index contributed by atoms with van der Waals surface area (Å²) in [5.74, 6) is -3.59. The first-order chi connectivity index (χ1) is 17.2. The van der Waals surface area contributed by atoms with E-state index in [0.717, 1.165) is 4.31 Å². The van der Waals surface area contributed by atoms with E-state index in [1.807, 2.05) is 0 Å². The van der Waals surface area contributed by atoms with Crippen molar-refractivity contribution in [2.24, 2.45) is 5.41 Å². The van der Waals surface area contributed by atoms with Gasteiger partial charge >= 0.3 is 10.2 Å². The number of alkyl halides is 1. The second-order valence-electron chi connectivity index (χ2n) is 8.96. The Morgan fingerprint density at radius 1 is 1.22 bits per heavy atom. The molecule has 1 spiro atoms. The predicted molar refractivity (Wildman–Crippen MR) is 122 cm³/mol. The van der Waals surface area contributed by atoms with Crippen molar-refractivity contribution in [3.63, 3.8) is 0 Å². The van der Waals surface area contributed by atoms with Crippen LogP contribution in [0.5, 0.6) is 11.5 Å². The Morgan fingerprint density at radius 2 is 2.03 bits per heavy atom. The molecule has 0 radical (unpaired) electrons. The summed E-state index contributed by atoms with van der Waals surface area (Å²) >= 11 is 0. The highest BCUT2D eigenvalue weighted by Crippen LogP contribution is 2.51. The van der Waals surface area contributed by atoms with E-state index >= 15 is 0 Å². The van der Waals surface area contributed by atoms with Crippen molar-refractivity contribution in [2.45, 2.75) is 19.0 Å². The zero-order valence-corrected chi connectivity index (χ0v) is 19.3. The van der Waals surface area contributed by atoms with Crippen molar-refractivity contribution < 1.29 is 26.3 Å². The summed E-state index contributed by atoms with van der Waals surface area (Å²) in [5, 5.41) is 10.3. The highest BCUT2D eigenvalue weighted by atomic mass is 32.2. The number of aromatic nitrogens is 3. The maximum absolute atomic E-state index is 14.8. The molecular weight excluding hydrogens is 497 g/mol. The van der Waals surface area contributed by atoms with Crippen LogP contribution < -0.4 is 9.46 Å². The number of nitriles is 1. The Hall–Kier alpha value is -3.89. The summed E-state index contributed by atoms with van der Waals surface area (Å²) in [5.41, 5.74) is -0.592. The highest BCUT2D eigenvalue weighted by Gasteiger charge is 2.58. The fraction of sp³-hybridized carbons (Fsp3) is 0.261. The third kappa shape index (κ3) is 3.36. The summed E-state index contributed by atoms with van der Waals surface area (Å²) in [6.07, 6.45) is 4.73. The van der Waals surface area contributed by atoms with Crippen molar-refractivity contribution in [1.29, 1.82) is 5.26 Å². The average molecular weight is 514 g/mol. The van der Waals surface area contributed by atoms with Gasteiger partial charge in [0.15, 0.2) is 11.6 Å². The van der Waals surface area contributed by atoms with E-state index in [0.29, 0.717) is 35.5 Å². The molecule has 6 rings (SSSR count). The lowest BCUT2D eigenvalue weighted by Crippen LogP contribution is -2.67. The second kappa shape index (κ2) is 7.81. The van der Waals surface area contributed by atoms with Gasteiger partial charge in [-0.2, -0.15) is 22.4 Å². The molecule has 1 aliphatic carbocycles. The summed E-state index contributed by atoms with van der Waals surface area (Å²) in [6, 6.07) is 6.82. The predicted octanol–water partition coefficient (Wildman–Crippen LogP) is 3.92.